The number of nitrogens with zero attached hydrogens (tertiary/aromatic N) is 3. The molecule has 0 amide bonds. The molecule has 0 aliphatic rings. The fraction of sp³-hybridized carbons (Fsp3) is 0.111. The van der Waals surface area contributed by atoms with Crippen molar-refractivity contribution in [3.05, 3.63) is 80.2 Å². The highest BCUT2D eigenvalue weighted by Crippen LogP contribution is 2.23. The van der Waals surface area contributed by atoms with E-state index in [1.807, 2.05) is 48.5 Å². The molecule has 132 valence electrons. The van der Waals surface area contributed by atoms with E-state index < -0.39 is 0 Å². The lowest BCUT2D eigenvalue weighted by Crippen LogP contribution is -2.15. The standard InChI is InChI=1S/C18H16BrN5O2/c1-12-17(25)21-18(24-22-12)23-20-10-14-9-15(19)7-8-16(14)26-11-13-5-3-2-4-6-13/h2-10H,11H2,1H3,(H2,21,23,24,25)/b20-10-. The van der Waals surface area contributed by atoms with Crippen molar-refractivity contribution in [2.45, 2.75) is 13.5 Å². The second-order valence-electron chi connectivity index (χ2n) is 5.41. The number of benzene rings is 2. The molecule has 0 aliphatic carbocycles. The fourth-order valence-electron chi connectivity index (χ4n) is 2.09. The molecule has 26 heavy (non-hydrogen) atoms. The first-order valence-electron chi connectivity index (χ1n) is 7.81. The molecule has 2 N–H and O–H groups in total. The van der Waals surface area contributed by atoms with Gasteiger partial charge < -0.3 is 4.74 Å². The molecular formula is C18H16BrN5O2. The van der Waals surface area contributed by atoms with Crippen molar-refractivity contribution in [3.8, 4) is 5.75 Å². The van der Waals surface area contributed by atoms with Crippen molar-refractivity contribution in [1.29, 1.82) is 0 Å². The Bertz CT molecular complexity index is 973. The first-order valence-corrected chi connectivity index (χ1v) is 8.60. The van der Waals surface area contributed by atoms with E-state index in [-0.39, 0.29) is 11.5 Å². The van der Waals surface area contributed by atoms with E-state index >= 15 is 0 Å². The van der Waals surface area contributed by atoms with Crippen molar-refractivity contribution in [3.63, 3.8) is 0 Å². The van der Waals surface area contributed by atoms with E-state index in [0.717, 1.165) is 15.6 Å². The maximum Gasteiger partial charge on any atom is 0.274 e. The number of halogens is 1. The topological polar surface area (TPSA) is 92.3 Å². The van der Waals surface area contributed by atoms with Gasteiger partial charge in [-0.3, -0.25) is 9.78 Å². The maximum absolute atomic E-state index is 11.5. The number of ether oxygens (including phenoxy) is 1. The number of rotatable bonds is 6. The van der Waals surface area contributed by atoms with Gasteiger partial charge in [-0.25, -0.2) is 5.43 Å². The predicted molar refractivity (Wildman–Crippen MR) is 104 cm³/mol. The van der Waals surface area contributed by atoms with E-state index in [2.05, 4.69) is 41.6 Å². The van der Waals surface area contributed by atoms with E-state index in [0.29, 0.717) is 18.1 Å². The monoisotopic (exact) mass is 413 g/mol. The molecule has 0 aliphatic heterocycles. The summed E-state index contributed by atoms with van der Waals surface area (Å²) in [4.78, 5) is 14.1. The molecule has 0 unspecified atom stereocenters. The molecule has 7 nitrogen and oxygen atoms in total. The molecule has 0 radical (unpaired) electrons. The van der Waals surface area contributed by atoms with Crippen LogP contribution in [0.15, 0.2) is 62.9 Å². The minimum Gasteiger partial charge on any atom is -0.488 e. The molecule has 0 atom stereocenters. The van der Waals surface area contributed by atoms with E-state index in [4.69, 9.17) is 4.74 Å². The molecule has 0 bridgehead atoms. The van der Waals surface area contributed by atoms with Crippen molar-refractivity contribution < 1.29 is 4.74 Å². The Labute approximate surface area is 158 Å². The summed E-state index contributed by atoms with van der Waals surface area (Å²) in [6, 6.07) is 15.5. The van der Waals surface area contributed by atoms with Crippen molar-refractivity contribution >= 4 is 28.1 Å². The molecule has 8 heteroatoms. The third-order valence-corrected chi connectivity index (χ3v) is 3.94. The maximum atomic E-state index is 11.5. The van der Waals surface area contributed by atoms with Crippen LogP contribution in [-0.2, 0) is 6.61 Å². The number of aryl methyl sites for hydroxylation is 1. The molecule has 0 saturated carbocycles. The van der Waals surface area contributed by atoms with Gasteiger partial charge in [-0.15, -0.1) is 10.2 Å². The third kappa shape index (κ3) is 4.76. The molecular weight excluding hydrogens is 398 g/mol. The zero-order valence-corrected chi connectivity index (χ0v) is 15.5. The summed E-state index contributed by atoms with van der Waals surface area (Å²) in [6.07, 6.45) is 1.59. The van der Waals surface area contributed by atoms with Crippen LogP contribution in [-0.4, -0.2) is 21.4 Å². The summed E-state index contributed by atoms with van der Waals surface area (Å²) in [5.41, 5.74) is 4.47. The van der Waals surface area contributed by atoms with Gasteiger partial charge in [-0.2, -0.15) is 5.10 Å². The lowest BCUT2D eigenvalue weighted by molar-refractivity contribution is 0.306. The van der Waals surface area contributed by atoms with Gasteiger partial charge in [0.25, 0.3) is 5.56 Å². The molecule has 0 fully saturated rings. The Balaban J connectivity index is 1.72. The summed E-state index contributed by atoms with van der Waals surface area (Å²) in [7, 11) is 0. The van der Waals surface area contributed by atoms with E-state index in [1.54, 1.807) is 13.1 Å². The average molecular weight is 414 g/mol. The lowest BCUT2D eigenvalue weighted by atomic mass is 10.2. The molecule has 0 spiro atoms. The first kappa shape index (κ1) is 17.8. The van der Waals surface area contributed by atoms with Crippen LogP contribution in [0.2, 0.25) is 0 Å². The van der Waals surface area contributed by atoms with Gasteiger partial charge in [-0.05, 0) is 30.7 Å². The van der Waals surface area contributed by atoms with Gasteiger partial charge in [-0.1, -0.05) is 46.3 Å². The number of aromatic nitrogens is 3. The Morgan fingerprint density at radius 1 is 1.23 bits per heavy atom. The van der Waals surface area contributed by atoms with Gasteiger partial charge in [0.1, 0.15) is 18.1 Å². The fourth-order valence-corrected chi connectivity index (χ4v) is 2.47. The Morgan fingerprint density at radius 3 is 2.81 bits per heavy atom. The van der Waals surface area contributed by atoms with Crippen LogP contribution in [0.4, 0.5) is 5.95 Å². The lowest BCUT2D eigenvalue weighted by Gasteiger charge is -2.09. The highest BCUT2D eigenvalue weighted by Gasteiger charge is 2.04. The smallest absolute Gasteiger partial charge is 0.274 e. The summed E-state index contributed by atoms with van der Waals surface area (Å²) in [6.45, 7) is 2.03. The molecule has 1 heterocycles. The predicted octanol–water partition coefficient (Wildman–Crippen LogP) is 3.26. The van der Waals surface area contributed by atoms with Crippen molar-refractivity contribution in [2.75, 3.05) is 5.43 Å². The largest absolute Gasteiger partial charge is 0.488 e. The minimum atomic E-state index is -0.313. The number of hydrogen-bond donors (Lipinski definition) is 2. The van der Waals surface area contributed by atoms with Gasteiger partial charge in [0.05, 0.1) is 6.21 Å². The van der Waals surface area contributed by atoms with Crippen molar-refractivity contribution in [1.82, 2.24) is 15.2 Å². The minimum absolute atomic E-state index is 0.165. The van der Waals surface area contributed by atoms with Crippen molar-refractivity contribution in [2.24, 2.45) is 5.10 Å². The molecule has 0 saturated heterocycles. The number of hydrazone groups is 1. The number of aromatic amines is 1. The Kier molecular flexibility index (Phi) is 5.75. The van der Waals surface area contributed by atoms with Gasteiger partial charge in [0.15, 0.2) is 0 Å². The van der Waals surface area contributed by atoms with Crippen LogP contribution >= 0.6 is 15.9 Å². The Morgan fingerprint density at radius 2 is 2.04 bits per heavy atom. The highest BCUT2D eigenvalue weighted by atomic mass is 79.9. The van der Waals surface area contributed by atoms with E-state index in [1.165, 1.54) is 0 Å². The third-order valence-electron chi connectivity index (χ3n) is 3.44. The average Bonchev–Trinajstić information content (AvgIpc) is 2.65. The van der Waals surface area contributed by atoms with Gasteiger partial charge in [0.2, 0.25) is 5.95 Å². The SMILES string of the molecule is Cc1nnc(N/N=C\c2cc(Br)ccc2OCc2ccccc2)[nH]c1=O. The molecule has 2 aromatic carbocycles. The summed E-state index contributed by atoms with van der Waals surface area (Å²) < 4.78 is 6.79. The quantitative estimate of drug-likeness (QED) is 0.477. The van der Waals surface area contributed by atoms with Crippen LogP contribution in [0, 0.1) is 6.92 Å². The zero-order valence-electron chi connectivity index (χ0n) is 13.9. The molecule has 3 rings (SSSR count). The number of anilines is 1. The highest BCUT2D eigenvalue weighted by molar-refractivity contribution is 9.10. The first-order chi connectivity index (χ1) is 12.6. The second-order valence-corrected chi connectivity index (χ2v) is 6.33. The second kappa shape index (κ2) is 8.39. The van der Waals surface area contributed by atoms with Crippen LogP contribution < -0.4 is 15.7 Å². The normalized spacial score (nSPS) is 10.8. The zero-order chi connectivity index (χ0) is 18.4. The van der Waals surface area contributed by atoms with Gasteiger partial charge in [0, 0.05) is 10.0 Å². The van der Waals surface area contributed by atoms with Crippen LogP contribution in [0.3, 0.4) is 0 Å². The Hall–Kier alpha value is -3.00. The number of hydrogen-bond acceptors (Lipinski definition) is 6. The van der Waals surface area contributed by atoms with Gasteiger partial charge >= 0.3 is 0 Å². The van der Waals surface area contributed by atoms with Crippen LogP contribution in [0.1, 0.15) is 16.8 Å². The molecule has 1 aromatic heterocycles. The summed E-state index contributed by atoms with van der Waals surface area (Å²) in [5, 5.41) is 11.6. The van der Waals surface area contributed by atoms with Crippen LogP contribution in [0.5, 0.6) is 5.75 Å². The number of nitrogens with one attached hydrogen (secondary N) is 2. The molecule has 3 aromatic rings. The summed E-state index contributed by atoms with van der Waals surface area (Å²) in [5.74, 6) is 0.852. The van der Waals surface area contributed by atoms with E-state index in [9.17, 15) is 4.79 Å². The number of H-pyrrole nitrogens is 1. The van der Waals surface area contributed by atoms with Crippen LogP contribution in [0.25, 0.3) is 0 Å². The summed E-state index contributed by atoms with van der Waals surface area (Å²) >= 11 is 3.44.